The maximum absolute atomic E-state index is 12.5. The number of carboxylic acids is 1. The minimum Gasteiger partial charge on any atom is -0.475 e. The Kier molecular flexibility index (Phi) is 7.59. The number of hydrogen-bond acceptors (Lipinski definition) is 5. The zero-order valence-corrected chi connectivity index (χ0v) is 16.4. The average Bonchev–Trinajstić information content (AvgIpc) is 3.04. The fraction of sp³-hybridized carbons (Fsp3) is 0.632. The molecule has 1 spiro atoms. The van der Waals surface area contributed by atoms with Gasteiger partial charge < -0.3 is 19.5 Å². The second kappa shape index (κ2) is 9.53. The number of nitrogens with zero attached hydrogens (tertiary/aromatic N) is 2. The number of amides is 1. The Morgan fingerprint density at radius 3 is 2.48 bits per heavy atom. The highest BCUT2D eigenvalue weighted by atomic mass is 19.4. The molecule has 1 aromatic heterocycles. The number of rotatable bonds is 3. The predicted octanol–water partition coefficient (Wildman–Crippen LogP) is 2.82. The Morgan fingerprint density at radius 1 is 1.34 bits per heavy atom. The van der Waals surface area contributed by atoms with Gasteiger partial charge in [-0.05, 0) is 38.8 Å². The van der Waals surface area contributed by atoms with E-state index in [4.69, 9.17) is 19.4 Å². The molecule has 3 rings (SSSR count). The molecule has 1 amide bonds. The van der Waals surface area contributed by atoms with Gasteiger partial charge in [-0.15, -0.1) is 0 Å². The maximum atomic E-state index is 12.5. The summed E-state index contributed by atoms with van der Waals surface area (Å²) in [6.45, 7) is 6.79. The van der Waals surface area contributed by atoms with Crippen LogP contribution < -0.4 is 0 Å². The van der Waals surface area contributed by atoms with Crippen molar-refractivity contribution in [1.82, 2.24) is 9.88 Å². The molecule has 0 aromatic carbocycles. The first kappa shape index (κ1) is 23.1. The number of alkyl halides is 3. The second-order valence-electron chi connectivity index (χ2n) is 7.03. The Labute approximate surface area is 166 Å². The molecule has 0 aliphatic carbocycles. The summed E-state index contributed by atoms with van der Waals surface area (Å²) < 4.78 is 43.4. The number of aromatic nitrogens is 1. The second-order valence-corrected chi connectivity index (χ2v) is 7.03. The highest BCUT2D eigenvalue weighted by molar-refractivity contribution is 5.92. The molecule has 3 heterocycles. The van der Waals surface area contributed by atoms with Crippen LogP contribution in [0, 0.1) is 6.92 Å². The molecular formula is C19H25F3N2O5. The quantitative estimate of drug-likeness (QED) is 0.812. The molecule has 7 nitrogen and oxygen atoms in total. The summed E-state index contributed by atoms with van der Waals surface area (Å²) in [6, 6.07) is 5.58. The van der Waals surface area contributed by atoms with E-state index in [1.807, 2.05) is 30.9 Å². The third-order valence-electron chi connectivity index (χ3n) is 4.89. The van der Waals surface area contributed by atoms with E-state index in [-0.39, 0.29) is 17.6 Å². The van der Waals surface area contributed by atoms with Crippen LogP contribution in [0.25, 0.3) is 0 Å². The minimum absolute atomic E-state index is 0.0258. The Morgan fingerprint density at radius 2 is 1.97 bits per heavy atom. The molecule has 1 unspecified atom stereocenters. The lowest BCUT2D eigenvalue weighted by Gasteiger charge is -2.38. The first-order valence-electron chi connectivity index (χ1n) is 9.35. The number of carbonyl (C=O) groups excluding carboxylic acids is 1. The van der Waals surface area contributed by atoms with Crippen molar-refractivity contribution in [2.45, 2.75) is 51.0 Å². The molecule has 29 heavy (non-hydrogen) atoms. The van der Waals surface area contributed by atoms with Gasteiger partial charge in [0.2, 0.25) is 0 Å². The van der Waals surface area contributed by atoms with Gasteiger partial charge in [-0.2, -0.15) is 13.2 Å². The van der Waals surface area contributed by atoms with E-state index in [2.05, 4.69) is 4.98 Å². The highest BCUT2D eigenvalue weighted by Gasteiger charge is 2.44. The van der Waals surface area contributed by atoms with E-state index in [1.165, 1.54) is 0 Å². The lowest BCUT2D eigenvalue weighted by molar-refractivity contribution is -0.192. The van der Waals surface area contributed by atoms with E-state index in [0.29, 0.717) is 12.3 Å². The number of aryl methyl sites for hydroxylation is 1. The summed E-state index contributed by atoms with van der Waals surface area (Å²) >= 11 is 0. The van der Waals surface area contributed by atoms with E-state index in [0.717, 1.165) is 44.7 Å². The van der Waals surface area contributed by atoms with Crippen LogP contribution in [0.5, 0.6) is 0 Å². The maximum Gasteiger partial charge on any atom is 0.490 e. The summed E-state index contributed by atoms with van der Waals surface area (Å²) in [6.07, 6.45) is -2.15. The van der Waals surface area contributed by atoms with Crippen LogP contribution in [-0.2, 0) is 14.3 Å². The third kappa shape index (κ3) is 6.40. The summed E-state index contributed by atoms with van der Waals surface area (Å²) in [4.78, 5) is 27.6. The minimum atomic E-state index is -5.08. The van der Waals surface area contributed by atoms with Gasteiger partial charge in [0, 0.05) is 31.8 Å². The van der Waals surface area contributed by atoms with Crippen molar-refractivity contribution in [3.63, 3.8) is 0 Å². The number of piperidine rings is 1. The smallest absolute Gasteiger partial charge is 0.475 e. The monoisotopic (exact) mass is 418 g/mol. The van der Waals surface area contributed by atoms with Crippen LogP contribution in [-0.4, -0.2) is 71.1 Å². The fourth-order valence-electron chi connectivity index (χ4n) is 3.44. The first-order valence-corrected chi connectivity index (χ1v) is 9.35. The van der Waals surface area contributed by atoms with Crippen LogP contribution >= 0.6 is 0 Å². The fourth-order valence-corrected chi connectivity index (χ4v) is 3.44. The number of carbonyl (C=O) groups is 2. The van der Waals surface area contributed by atoms with Gasteiger partial charge in [-0.1, -0.05) is 6.07 Å². The topological polar surface area (TPSA) is 89.0 Å². The van der Waals surface area contributed by atoms with Crippen LogP contribution in [0.2, 0.25) is 0 Å². The van der Waals surface area contributed by atoms with Crippen molar-refractivity contribution in [3.8, 4) is 0 Å². The molecule has 0 radical (unpaired) electrons. The normalized spacial score (nSPS) is 20.9. The molecule has 10 heteroatoms. The van der Waals surface area contributed by atoms with Crippen molar-refractivity contribution in [1.29, 1.82) is 0 Å². The van der Waals surface area contributed by atoms with Gasteiger partial charge in [0.1, 0.15) is 5.69 Å². The average molecular weight is 418 g/mol. The van der Waals surface area contributed by atoms with Crippen molar-refractivity contribution >= 4 is 11.9 Å². The standard InChI is InChI=1S/C17H24N2O3.C2HF3O2/c1-3-21-14-11-17(22-12-14)7-9-19(10-8-17)16(20)15-6-4-5-13(2)18-15;3-2(4,5)1(6)7/h4-6,14H,3,7-12H2,1-2H3;(H,6,7). The summed E-state index contributed by atoms with van der Waals surface area (Å²) in [5.41, 5.74) is 1.32. The Balaban J connectivity index is 0.000000370. The van der Waals surface area contributed by atoms with E-state index in [9.17, 15) is 18.0 Å². The number of pyridine rings is 1. The largest absolute Gasteiger partial charge is 0.490 e. The molecule has 2 aliphatic rings. The summed E-state index contributed by atoms with van der Waals surface area (Å²) in [5, 5.41) is 7.12. The van der Waals surface area contributed by atoms with Gasteiger partial charge in [-0.25, -0.2) is 9.78 Å². The van der Waals surface area contributed by atoms with E-state index < -0.39 is 12.1 Å². The molecule has 1 atom stereocenters. The lowest BCUT2D eigenvalue weighted by Crippen LogP contribution is -2.46. The summed E-state index contributed by atoms with van der Waals surface area (Å²) in [7, 11) is 0. The van der Waals surface area contributed by atoms with Gasteiger partial charge in [0.05, 0.1) is 18.3 Å². The SMILES string of the molecule is CCOC1COC2(CCN(C(=O)c3cccc(C)n3)CC2)C1.O=C(O)C(F)(F)F. The van der Waals surface area contributed by atoms with Gasteiger partial charge in [0.25, 0.3) is 5.91 Å². The molecule has 1 N–H and O–H groups in total. The van der Waals surface area contributed by atoms with Gasteiger partial charge in [-0.3, -0.25) is 4.79 Å². The zero-order chi connectivity index (χ0) is 21.7. The lowest BCUT2D eigenvalue weighted by atomic mass is 9.88. The van der Waals surface area contributed by atoms with Gasteiger partial charge >= 0.3 is 12.1 Å². The molecular weight excluding hydrogens is 393 g/mol. The highest BCUT2D eigenvalue weighted by Crippen LogP contribution is 2.37. The summed E-state index contributed by atoms with van der Waals surface area (Å²) in [5.74, 6) is -2.73. The first-order chi connectivity index (χ1) is 13.6. The Bertz CT molecular complexity index is 718. The number of aliphatic carboxylic acids is 1. The number of hydrogen-bond donors (Lipinski definition) is 1. The number of ether oxygens (including phenoxy) is 2. The third-order valence-corrected chi connectivity index (χ3v) is 4.89. The molecule has 1 aromatic rings. The number of carboxylic acid groups (broad SMARTS) is 1. The van der Waals surface area contributed by atoms with Crippen LogP contribution in [0.1, 0.15) is 42.4 Å². The molecule has 2 aliphatic heterocycles. The number of halogens is 3. The van der Waals surface area contributed by atoms with E-state index in [1.54, 1.807) is 6.07 Å². The van der Waals surface area contributed by atoms with Crippen molar-refractivity contribution in [2.75, 3.05) is 26.3 Å². The molecule has 0 bridgehead atoms. The van der Waals surface area contributed by atoms with Crippen LogP contribution in [0.15, 0.2) is 18.2 Å². The zero-order valence-electron chi connectivity index (χ0n) is 16.4. The molecule has 2 fully saturated rings. The van der Waals surface area contributed by atoms with Crippen molar-refractivity contribution in [3.05, 3.63) is 29.6 Å². The van der Waals surface area contributed by atoms with Crippen molar-refractivity contribution < 1.29 is 37.3 Å². The Hall–Kier alpha value is -2.20. The van der Waals surface area contributed by atoms with Crippen LogP contribution in [0.3, 0.4) is 0 Å². The number of likely N-dealkylation sites (tertiary alicyclic amines) is 1. The molecule has 162 valence electrons. The van der Waals surface area contributed by atoms with E-state index >= 15 is 0 Å². The predicted molar refractivity (Wildman–Crippen MR) is 96.5 cm³/mol. The molecule has 2 saturated heterocycles. The van der Waals surface area contributed by atoms with Crippen LogP contribution in [0.4, 0.5) is 13.2 Å². The van der Waals surface area contributed by atoms with Crippen molar-refractivity contribution in [2.24, 2.45) is 0 Å². The molecule has 0 saturated carbocycles. The van der Waals surface area contributed by atoms with Gasteiger partial charge in [0.15, 0.2) is 0 Å².